The van der Waals surface area contributed by atoms with E-state index in [0.29, 0.717) is 25.0 Å². The van der Waals surface area contributed by atoms with Crippen LogP contribution >= 0.6 is 0 Å². The summed E-state index contributed by atoms with van der Waals surface area (Å²) in [5.74, 6) is 1.22. The summed E-state index contributed by atoms with van der Waals surface area (Å²) in [6.07, 6.45) is 8.23. The van der Waals surface area contributed by atoms with Crippen LogP contribution in [-0.4, -0.2) is 19.4 Å². The van der Waals surface area contributed by atoms with Crippen molar-refractivity contribution >= 4 is 6.21 Å². The summed E-state index contributed by atoms with van der Waals surface area (Å²) in [6.45, 7) is 10.4. The van der Waals surface area contributed by atoms with Gasteiger partial charge in [0.05, 0.1) is 0 Å². The topological polar surface area (TPSA) is 47.6 Å². The number of hydrogen-bond donors (Lipinski definition) is 1. The molecular weight excluding hydrogens is 308 g/mol. The highest BCUT2D eigenvalue weighted by atomic mass is 16.6. The Balaban J connectivity index is 1.91. The van der Waals surface area contributed by atoms with Gasteiger partial charge in [-0.05, 0) is 59.6 Å². The molecule has 1 unspecified atom stereocenters. The Morgan fingerprint density at radius 2 is 2.12 bits per heavy atom. The molecule has 0 aromatic heterocycles. The van der Waals surface area contributed by atoms with E-state index >= 15 is 0 Å². The van der Waals surface area contributed by atoms with E-state index in [0.717, 1.165) is 0 Å². The summed E-state index contributed by atoms with van der Waals surface area (Å²) in [6, 6.07) is 7.23. The highest BCUT2D eigenvalue weighted by Gasteiger charge is 2.51. The molecule has 1 fully saturated rings. The van der Waals surface area contributed by atoms with Crippen LogP contribution in [0.3, 0.4) is 0 Å². The Kier molecular flexibility index (Phi) is 5.24. The van der Waals surface area contributed by atoms with Crippen LogP contribution in [-0.2, 0) is 16.7 Å². The summed E-state index contributed by atoms with van der Waals surface area (Å²) >= 11 is 0. The number of fused-ring (bicyclic) bond motifs is 3. The monoisotopic (exact) mass is 342 g/mol. The third-order valence-electron chi connectivity index (χ3n) is 6.72. The van der Waals surface area contributed by atoms with Gasteiger partial charge in [-0.1, -0.05) is 57.5 Å². The zero-order valence-electron chi connectivity index (χ0n) is 16.3. The van der Waals surface area contributed by atoms with Crippen LogP contribution in [0.25, 0.3) is 0 Å². The average Bonchev–Trinajstić information content (AvgIpc) is 2.58. The number of hydrogen-bond acceptors (Lipinski definition) is 3. The van der Waals surface area contributed by atoms with Gasteiger partial charge in [-0.3, -0.25) is 0 Å². The lowest BCUT2D eigenvalue weighted by Crippen LogP contribution is -2.49. The average molecular weight is 343 g/mol. The van der Waals surface area contributed by atoms with E-state index in [1.807, 2.05) is 0 Å². The zero-order chi connectivity index (χ0) is 18.1. The minimum Gasteiger partial charge on any atom is -0.395 e. The predicted molar refractivity (Wildman–Crippen MR) is 105 cm³/mol. The maximum atomic E-state index is 5.50. The Labute approximate surface area is 153 Å². The summed E-state index contributed by atoms with van der Waals surface area (Å²) in [5, 5.41) is 4.27. The number of nitrogens with zero attached hydrogens (tertiary/aromatic N) is 1. The first-order valence-electron chi connectivity index (χ1n) is 9.90. The lowest BCUT2D eigenvalue weighted by molar-refractivity contribution is 0.0748. The smallest absolute Gasteiger partial charge is 0.129 e. The van der Waals surface area contributed by atoms with E-state index in [2.05, 4.69) is 57.3 Å². The largest absolute Gasteiger partial charge is 0.395 e. The first kappa shape index (κ1) is 18.4. The molecule has 0 aliphatic heterocycles. The van der Waals surface area contributed by atoms with E-state index in [1.54, 1.807) is 11.1 Å². The zero-order valence-corrected chi connectivity index (χ0v) is 16.3. The summed E-state index contributed by atoms with van der Waals surface area (Å²) in [4.78, 5) is 5.32. The molecule has 2 N–H and O–H groups in total. The summed E-state index contributed by atoms with van der Waals surface area (Å²) in [7, 11) is 0. The predicted octanol–water partition coefficient (Wildman–Crippen LogP) is 4.78. The highest BCUT2D eigenvalue weighted by Crippen LogP contribution is 2.56. The molecule has 0 radical (unpaired) electrons. The molecule has 1 saturated carbocycles. The van der Waals surface area contributed by atoms with Gasteiger partial charge in [-0.2, -0.15) is 0 Å². The number of nitrogens with two attached hydrogens (primary N) is 1. The maximum Gasteiger partial charge on any atom is 0.129 e. The molecule has 2 aliphatic rings. The van der Waals surface area contributed by atoms with Gasteiger partial charge in [0.15, 0.2) is 0 Å². The minimum absolute atomic E-state index is 0.107. The van der Waals surface area contributed by atoms with Crippen molar-refractivity contribution < 1.29 is 4.84 Å². The van der Waals surface area contributed by atoms with Crippen molar-refractivity contribution in [2.24, 2.45) is 22.2 Å². The van der Waals surface area contributed by atoms with E-state index in [4.69, 9.17) is 10.6 Å². The van der Waals surface area contributed by atoms with Crippen LogP contribution in [0.2, 0.25) is 0 Å². The molecule has 0 amide bonds. The van der Waals surface area contributed by atoms with Gasteiger partial charge in [0.1, 0.15) is 6.61 Å². The van der Waals surface area contributed by atoms with Gasteiger partial charge in [0.2, 0.25) is 0 Å². The molecule has 138 valence electrons. The standard InChI is InChI=1S/C22H34N2O/c1-16(2)17-6-8-19-18(14-17)7-9-20-21(3,15-24-25-13-12-23)10-5-11-22(19,20)4/h6,8,14-16,20H,5,7,9-13,23H2,1-4H3/b24-15+/t20?,21-,22-/m1/s1. The van der Waals surface area contributed by atoms with Gasteiger partial charge in [-0.15, -0.1) is 0 Å². The SMILES string of the molecule is CC(C)c1ccc2c(c1)CCC1[C@@](C)(/C=N/OCCN)CCC[C@]21C. The lowest BCUT2D eigenvalue weighted by Gasteiger charge is -2.54. The molecule has 1 aromatic rings. The van der Waals surface area contributed by atoms with E-state index in [9.17, 15) is 0 Å². The Bertz CT molecular complexity index is 639. The second-order valence-corrected chi connectivity index (χ2v) is 8.80. The number of aryl methyl sites for hydroxylation is 1. The van der Waals surface area contributed by atoms with Crippen molar-refractivity contribution in [2.75, 3.05) is 13.2 Å². The molecule has 0 saturated heterocycles. The second-order valence-electron chi connectivity index (χ2n) is 8.80. The van der Waals surface area contributed by atoms with Gasteiger partial charge in [-0.25, -0.2) is 0 Å². The fourth-order valence-corrected chi connectivity index (χ4v) is 5.34. The fourth-order valence-electron chi connectivity index (χ4n) is 5.34. The first-order chi connectivity index (χ1) is 11.9. The third kappa shape index (κ3) is 3.36. The van der Waals surface area contributed by atoms with Gasteiger partial charge in [0, 0.05) is 18.2 Å². The van der Waals surface area contributed by atoms with Crippen LogP contribution in [0.15, 0.2) is 23.4 Å². The van der Waals surface area contributed by atoms with Crippen molar-refractivity contribution in [3.63, 3.8) is 0 Å². The summed E-state index contributed by atoms with van der Waals surface area (Å²) in [5.41, 5.74) is 10.5. The molecule has 0 spiro atoms. The van der Waals surface area contributed by atoms with Crippen LogP contribution in [0, 0.1) is 11.3 Å². The molecule has 0 heterocycles. The molecule has 0 bridgehead atoms. The fraction of sp³-hybridized carbons (Fsp3) is 0.682. The molecule has 25 heavy (non-hydrogen) atoms. The molecule has 3 atom stereocenters. The van der Waals surface area contributed by atoms with Crippen molar-refractivity contribution in [2.45, 2.75) is 71.1 Å². The van der Waals surface area contributed by atoms with E-state index < -0.39 is 0 Å². The van der Waals surface area contributed by atoms with Gasteiger partial charge >= 0.3 is 0 Å². The van der Waals surface area contributed by atoms with Gasteiger partial charge in [0.25, 0.3) is 0 Å². The quantitative estimate of drug-likeness (QED) is 0.475. The molecule has 1 aromatic carbocycles. The number of benzene rings is 1. The number of oxime groups is 1. The second kappa shape index (κ2) is 7.11. The highest BCUT2D eigenvalue weighted by molar-refractivity contribution is 5.66. The van der Waals surface area contributed by atoms with Crippen LogP contribution < -0.4 is 5.73 Å². The first-order valence-corrected chi connectivity index (χ1v) is 9.90. The molecular formula is C22H34N2O. The van der Waals surface area contributed by atoms with Crippen molar-refractivity contribution in [1.82, 2.24) is 0 Å². The Morgan fingerprint density at radius 3 is 2.84 bits per heavy atom. The molecule has 3 heteroatoms. The van der Waals surface area contributed by atoms with Crippen LogP contribution in [0.4, 0.5) is 0 Å². The van der Waals surface area contributed by atoms with Crippen molar-refractivity contribution in [3.8, 4) is 0 Å². The van der Waals surface area contributed by atoms with E-state index in [-0.39, 0.29) is 10.8 Å². The lowest BCUT2D eigenvalue weighted by atomic mass is 9.50. The van der Waals surface area contributed by atoms with Gasteiger partial charge < -0.3 is 10.6 Å². The molecule has 3 nitrogen and oxygen atoms in total. The van der Waals surface area contributed by atoms with Crippen LogP contribution in [0.1, 0.15) is 76.0 Å². The molecule has 2 aliphatic carbocycles. The normalized spacial score (nSPS) is 31.8. The minimum atomic E-state index is 0.107. The van der Waals surface area contributed by atoms with Crippen LogP contribution in [0.5, 0.6) is 0 Å². The number of rotatable bonds is 5. The van der Waals surface area contributed by atoms with E-state index in [1.165, 1.54) is 37.7 Å². The maximum absolute atomic E-state index is 5.50. The Hall–Kier alpha value is -1.35. The van der Waals surface area contributed by atoms with Crippen molar-refractivity contribution in [1.29, 1.82) is 0 Å². The molecule has 3 rings (SSSR count). The summed E-state index contributed by atoms with van der Waals surface area (Å²) < 4.78 is 0. The Morgan fingerprint density at radius 1 is 1.32 bits per heavy atom. The third-order valence-corrected chi connectivity index (χ3v) is 6.72. The van der Waals surface area contributed by atoms with Crippen molar-refractivity contribution in [3.05, 3.63) is 34.9 Å².